The molecule has 0 spiro atoms. The summed E-state index contributed by atoms with van der Waals surface area (Å²) in [6.07, 6.45) is 12.9. The van der Waals surface area contributed by atoms with Crippen LogP contribution in [0.5, 0.6) is 0 Å². The van der Waals surface area contributed by atoms with Crippen molar-refractivity contribution in [3.63, 3.8) is 0 Å². The van der Waals surface area contributed by atoms with Crippen molar-refractivity contribution in [1.29, 1.82) is 0 Å². The molecule has 2 heteroatoms. The zero-order chi connectivity index (χ0) is 13.5. The summed E-state index contributed by atoms with van der Waals surface area (Å²) in [6, 6.07) is 8.60. The Morgan fingerprint density at radius 3 is 2.58 bits per heavy atom. The van der Waals surface area contributed by atoms with Crippen molar-refractivity contribution in [2.24, 2.45) is 0 Å². The van der Waals surface area contributed by atoms with Gasteiger partial charge in [-0.05, 0) is 34.8 Å². The molecule has 0 N–H and O–H groups in total. The molecule has 1 aromatic carbocycles. The van der Waals surface area contributed by atoms with Gasteiger partial charge in [-0.2, -0.15) is 0 Å². The first-order chi connectivity index (χ1) is 9.25. The van der Waals surface area contributed by atoms with Gasteiger partial charge in [-0.3, -0.25) is 0 Å². The SMILES string of the molecule is CN(C)c1ccc(/C=C2C=CCS/C=C/C=C\2)cc1. The number of nitrogens with zero attached hydrogens (tertiary/aromatic N) is 1. The van der Waals surface area contributed by atoms with Crippen LogP contribution in [0.1, 0.15) is 5.56 Å². The Balaban J connectivity index is 2.20. The van der Waals surface area contributed by atoms with E-state index in [1.54, 1.807) is 11.8 Å². The van der Waals surface area contributed by atoms with Gasteiger partial charge in [0.15, 0.2) is 0 Å². The Morgan fingerprint density at radius 1 is 1.05 bits per heavy atom. The van der Waals surface area contributed by atoms with Crippen LogP contribution in [0, 0.1) is 0 Å². The van der Waals surface area contributed by atoms with Crippen LogP contribution in [0.2, 0.25) is 0 Å². The van der Waals surface area contributed by atoms with Crippen LogP contribution < -0.4 is 4.90 Å². The molecular weight excluding hydrogens is 250 g/mol. The van der Waals surface area contributed by atoms with Crippen LogP contribution in [0.4, 0.5) is 5.69 Å². The Bertz CT molecular complexity index is 519. The van der Waals surface area contributed by atoms with Crippen molar-refractivity contribution < 1.29 is 0 Å². The van der Waals surface area contributed by atoms with E-state index in [1.165, 1.54) is 16.8 Å². The van der Waals surface area contributed by atoms with Gasteiger partial charge in [0.2, 0.25) is 0 Å². The molecule has 1 heterocycles. The zero-order valence-electron chi connectivity index (χ0n) is 11.4. The molecule has 0 amide bonds. The van der Waals surface area contributed by atoms with E-state index in [-0.39, 0.29) is 0 Å². The van der Waals surface area contributed by atoms with E-state index < -0.39 is 0 Å². The molecule has 0 saturated heterocycles. The predicted octanol–water partition coefficient (Wildman–Crippen LogP) is 4.51. The van der Waals surface area contributed by atoms with E-state index in [9.17, 15) is 0 Å². The molecule has 0 aliphatic carbocycles. The van der Waals surface area contributed by atoms with Crippen LogP contribution in [0.15, 0.2) is 65.6 Å². The summed E-state index contributed by atoms with van der Waals surface area (Å²) in [5.41, 5.74) is 3.68. The highest BCUT2D eigenvalue weighted by Crippen LogP contribution is 2.16. The van der Waals surface area contributed by atoms with Crippen LogP contribution >= 0.6 is 11.8 Å². The average Bonchev–Trinajstić information content (AvgIpc) is 2.53. The van der Waals surface area contributed by atoms with Gasteiger partial charge in [-0.15, -0.1) is 11.8 Å². The van der Waals surface area contributed by atoms with Gasteiger partial charge >= 0.3 is 0 Å². The fourth-order valence-corrected chi connectivity index (χ4v) is 2.30. The Kier molecular flexibility index (Phi) is 5.10. The molecule has 0 aromatic heterocycles. The number of anilines is 1. The largest absolute Gasteiger partial charge is 0.378 e. The molecule has 19 heavy (non-hydrogen) atoms. The summed E-state index contributed by atoms with van der Waals surface area (Å²) in [6.45, 7) is 0. The predicted molar refractivity (Wildman–Crippen MR) is 88.6 cm³/mol. The number of thioether (sulfide) groups is 1. The van der Waals surface area contributed by atoms with Gasteiger partial charge in [0.05, 0.1) is 0 Å². The van der Waals surface area contributed by atoms with Crippen LogP contribution in [-0.4, -0.2) is 19.8 Å². The molecule has 98 valence electrons. The molecule has 0 radical (unpaired) electrons. The average molecular weight is 269 g/mol. The minimum atomic E-state index is 1.02. The maximum atomic E-state index is 2.20. The van der Waals surface area contributed by atoms with E-state index in [0.29, 0.717) is 0 Å². The molecular formula is C17H19NS. The van der Waals surface area contributed by atoms with E-state index >= 15 is 0 Å². The number of rotatable bonds is 2. The Hall–Kier alpha value is -1.67. The fourth-order valence-electron chi connectivity index (χ4n) is 1.78. The Morgan fingerprint density at radius 2 is 1.84 bits per heavy atom. The van der Waals surface area contributed by atoms with Crippen LogP contribution in [0.3, 0.4) is 0 Å². The third-order valence-corrected chi connectivity index (χ3v) is 3.55. The molecule has 2 rings (SSSR count). The highest BCUT2D eigenvalue weighted by atomic mass is 32.2. The summed E-state index contributed by atoms with van der Waals surface area (Å²) in [7, 11) is 4.11. The smallest absolute Gasteiger partial charge is 0.0361 e. The monoisotopic (exact) mass is 269 g/mol. The van der Waals surface area contributed by atoms with Gasteiger partial charge in [0.1, 0.15) is 0 Å². The Labute approximate surface area is 120 Å². The third kappa shape index (κ3) is 4.49. The second kappa shape index (κ2) is 7.05. The molecule has 0 bridgehead atoms. The van der Waals surface area contributed by atoms with Gasteiger partial charge in [0, 0.05) is 25.5 Å². The summed E-state index contributed by atoms with van der Waals surface area (Å²) in [5, 5.41) is 2.12. The molecule has 1 aliphatic rings. The zero-order valence-corrected chi connectivity index (χ0v) is 12.2. The molecule has 1 nitrogen and oxygen atoms in total. The van der Waals surface area contributed by atoms with E-state index in [1.807, 2.05) is 0 Å². The lowest BCUT2D eigenvalue weighted by Crippen LogP contribution is -2.07. The lowest BCUT2D eigenvalue weighted by Gasteiger charge is -2.11. The van der Waals surface area contributed by atoms with Crippen LogP contribution in [0.25, 0.3) is 6.08 Å². The normalized spacial score (nSPS) is 20.4. The van der Waals surface area contributed by atoms with Crippen molar-refractivity contribution in [3.8, 4) is 0 Å². The first-order valence-corrected chi connectivity index (χ1v) is 7.41. The second-order valence-corrected chi connectivity index (χ2v) is 5.49. The van der Waals surface area contributed by atoms with Crippen molar-refractivity contribution >= 4 is 23.5 Å². The van der Waals surface area contributed by atoms with Gasteiger partial charge < -0.3 is 4.90 Å². The van der Waals surface area contributed by atoms with Crippen molar-refractivity contribution in [2.45, 2.75) is 0 Å². The van der Waals surface area contributed by atoms with Crippen molar-refractivity contribution in [1.82, 2.24) is 0 Å². The number of benzene rings is 1. The highest BCUT2D eigenvalue weighted by molar-refractivity contribution is 8.02. The van der Waals surface area contributed by atoms with Crippen molar-refractivity contribution in [3.05, 3.63) is 71.2 Å². The van der Waals surface area contributed by atoms with E-state index in [0.717, 1.165) is 5.75 Å². The molecule has 0 atom stereocenters. The second-order valence-electron chi connectivity index (χ2n) is 4.55. The first kappa shape index (κ1) is 13.8. The summed E-state index contributed by atoms with van der Waals surface area (Å²) < 4.78 is 0. The van der Waals surface area contributed by atoms with Crippen LogP contribution in [-0.2, 0) is 0 Å². The maximum absolute atomic E-state index is 2.20. The summed E-state index contributed by atoms with van der Waals surface area (Å²) in [5.74, 6) is 1.02. The molecule has 1 aliphatic heterocycles. The quantitative estimate of drug-likeness (QED) is 0.777. The lowest BCUT2D eigenvalue weighted by molar-refractivity contribution is 1.13. The van der Waals surface area contributed by atoms with Crippen molar-refractivity contribution in [2.75, 3.05) is 24.7 Å². The number of allylic oxidation sites excluding steroid dienone is 5. The number of hydrogen-bond donors (Lipinski definition) is 0. The minimum absolute atomic E-state index is 1.02. The molecule has 0 unspecified atom stereocenters. The highest BCUT2D eigenvalue weighted by Gasteiger charge is 1.95. The minimum Gasteiger partial charge on any atom is -0.378 e. The third-order valence-electron chi connectivity index (χ3n) is 2.82. The summed E-state index contributed by atoms with van der Waals surface area (Å²) >= 11 is 1.80. The van der Waals surface area contributed by atoms with Gasteiger partial charge in [0.25, 0.3) is 0 Å². The fraction of sp³-hybridized carbons (Fsp3) is 0.176. The molecule has 1 aromatic rings. The number of hydrogen-bond acceptors (Lipinski definition) is 2. The molecule has 0 fully saturated rings. The van der Waals surface area contributed by atoms with Gasteiger partial charge in [-0.1, -0.05) is 42.5 Å². The van der Waals surface area contributed by atoms with Gasteiger partial charge in [-0.25, -0.2) is 0 Å². The first-order valence-electron chi connectivity index (χ1n) is 6.36. The maximum Gasteiger partial charge on any atom is 0.0361 e. The standard InChI is InChI=1S/C17H19NS/c1-18(2)17-10-8-16(9-11-17)14-15-6-3-4-12-19-13-5-7-15/h3-12,14H,13H2,1-2H3/b6-3-,7-5?,12-4+,15-14-. The van der Waals surface area contributed by atoms with E-state index in [2.05, 4.69) is 85.1 Å². The molecule has 0 saturated carbocycles. The lowest BCUT2D eigenvalue weighted by atomic mass is 10.1. The van der Waals surface area contributed by atoms with E-state index in [4.69, 9.17) is 0 Å². The summed E-state index contributed by atoms with van der Waals surface area (Å²) in [4.78, 5) is 2.11. The topological polar surface area (TPSA) is 3.24 Å².